The van der Waals surface area contributed by atoms with Crippen LogP contribution in [0.4, 0.5) is 17.1 Å². The van der Waals surface area contributed by atoms with Gasteiger partial charge >= 0.3 is 0 Å². The Balaban J connectivity index is 1.87. The zero-order valence-electron chi connectivity index (χ0n) is 16.6. The molecule has 4 aromatic rings. The zero-order chi connectivity index (χ0) is 19.5. The number of anilines is 3. The molecule has 0 aliphatic rings. The highest BCUT2D eigenvalue weighted by Crippen LogP contribution is 2.37. The number of rotatable bonds is 4. The molecule has 1 aromatic heterocycles. The highest BCUT2D eigenvalue weighted by molar-refractivity contribution is 5.80. The SMILES string of the molecule is Cc1ccc(N(c2ccc(C)cc2)c2ccc(C)c(-c3ccccn3)c2)cc1. The Bertz CT molecular complexity index is 1020. The fourth-order valence-electron chi connectivity index (χ4n) is 3.38. The van der Waals surface area contributed by atoms with E-state index >= 15 is 0 Å². The largest absolute Gasteiger partial charge is 0.310 e. The first-order chi connectivity index (χ1) is 13.6. The molecular weight excluding hydrogens is 340 g/mol. The summed E-state index contributed by atoms with van der Waals surface area (Å²) in [7, 11) is 0. The van der Waals surface area contributed by atoms with Crippen LogP contribution < -0.4 is 4.90 Å². The van der Waals surface area contributed by atoms with Crippen molar-refractivity contribution in [2.24, 2.45) is 0 Å². The second kappa shape index (κ2) is 7.69. The van der Waals surface area contributed by atoms with Crippen LogP contribution in [0, 0.1) is 20.8 Å². The molecule has 0 saturated carbocycles. The van der Waals surface area contributed by atoms with E-state index in [1.54, 1.807) is 0 Å². The van der Waals surface area contributed by atoms with Crippen molar-refractivity contribution in [3.63, 3.8) is 0 Å². The second-order valence-electron chi connectivity index (χ2n) is 7.22. The van der Waals surface area contributed by atoms with Crippen molar-refractivity contribution in [3.8, 4) is 11.3 Å². The molecule has 0 fully saturated rings. The highest BCUT2D eigenvalue weighted by Gasteiger charge is 2.14. The van der Waals surface area contributed by atoms with Crippen molar-refractivity contribution in [1.82, 2.24) is 4.98 Å². The first-order valence-electron chi connectivity index (χ1n) is 9.57. The highest BCUT2D eigenvalue weighted by atomic mass is 15.1. The number of hydrogen-bond donors (Lipinski definition) is 0. The Kier molecular flexibility index (Phi) is 4.94. The number of pyridine rings is 1. The lowest BCUT2D eigenvalue weighted by atomic mass is 10.0. The van der Waals surface area contributed by atoms with Crippen LogP contribution in [0.5, 0.6) is 0 Å². The van der Waals surface area contributed by atoms with Gasteiger partial charge in [-0.15, -0.1) is 0 Å². The lowest BCUT2D eigenvalue weighted by Crippen LogP contribution is -2.10. The quantitative estimate of drug-likeness (QED) is 0.382. The van der Waals surface area contributed by atoms with Gasteiger partial charge in [-0.3, -0.25) is 4.98 Å². The summed E-state index contributed by atoms with van der Waals surface area (Å²) in [4.78, 5) is 6.86. The topological polar surface area (TPSA) is 16.1 Å². The monoisotopic (exact) mass is 364 g/mol. The van der Waals surface area contributed by atoms with Gasteiger partial charge in [0.2, 0.25) is 0 Å². The maximum Gasteiger partial charge on any atom is 0.0705 e. The maximum atomic E-state index is 4.56. The van der Waals surface area contributed by atoms with Crippen LogP contribution in [-0.4, -0.2) is 4.98 Å². The summed E-state index contributed by atoms with van der Waals surface area (Å²) in [5.74, 6) is 0. The van der Waals surface area contributed by atoms with Crippen LogP contribution in [0.2, 0.25) is 0 Å². The van der Waals surface area contributed by atoms with Crippen molar-refractivity contribution in [2.45, 2.75) is 20.8 Å². The van der Waals surface area contributed by atoms with Crippen LogP contribution in [0.1, 0.15) is 16.7 Å². The Morgan fingerprint density at radius 1 is 0.607 bits per heavy atom. The molecule has 0 radical (unpaired) electrons. The van der Waals surface area contributed by atoms with E-state index in [0.29, 0.717) is 0 Å². The molecule has 0 aliphatic carbocycles. The van der Waals surface area contributed by atoms with Gasteiger partial charge in [-0.25, -0.2) is 0 Å². The Labute approximate surface area is 167 Å². The van der Waals surface area contributed by atoms with E-state index in [1.165, 1.54) is 16.7 Å². The molecular formula is C26H24N2. The number of aromatic nitrogens is 1. The minimum absolute atomic E-state index is 0.995. The van der Waals surface area contributed by atoms with Crippen LogP contribution in [0.15, 0.2) is 91.1 Å². The Morgan fingerprint density at radius 3 is 1.71 bits per heavy atom. The van der Waals surface area contributed by atoms with Crippen LogP contribution >= 0.6 is 0 Å². The van der Waals surface area contributed by atoms with E-state index in [1.807, 2.05) is 18.3 Å². The first-order valence-corrected chi connectivity index (χ1v) is 9.57. The second-order valence-corrected chi connectivity index (χ2v) is 7.22. The zero-order valence-corrected chi connectivity index (χ0v) is 16.6. The summed E-state index contributed by atoms with van der Waals surface area (Å²) >= 11 is 0. The fourth-order valence-corrected chi connectivity index (χ4v) is 3.38. The average Bonchev–Trinajstić information content (AvgIpc) is 2.73. The number of nitrogens with zero attached hydrogens (tertiary/aromatic N) is 2. The molecule has 0 N–H and O–H groups in total. The summed E-state index contributed by atoms with van der Waals surface area (Å²) in [5, 5.41) is 0. The Morgan fingerprint density at radius 2 is 1.18 bits per heavy atom. The summed E-state index contributed by atoms with van der Waals surface area (Å²) in [6, 6.07) is 30.0. The van der Waals surface area contributed by atoms with Gasteiger partial charge in [0.15, 0.2) is 0 Å². The molecule has 0 saturated heterocycles. The molecule has 4 rings (SSSR count). The summed E-state index contributed by atoms with van der Waals surface area (Å²) in [6.07, 6.45) is 1.85. The molecule has 2 nitrogen and oxygen atoms in total. The normalized spacial score (nSPS) is 10.7. The molecule has 0 spiro atoms. The predicted octanol–water partition coefficient (Wildman–Crippen LogP) is 7.14. The minimum Gasteiger partial charge on any atom is -0.310 e. The molecule has 138 valence electrons. The number of hydrogen-bond acceptors (Lipinski definition) is 2. The van der Waals surface area contributed by atoms with E-state index in [2.05, 4.69) is 103 Å². The lowest BCUT2D eigenvalue weighted by molar-refractivity contribution is 1.25. The maximum absolute atomic E-state index is 4.56. The summed E-state index contributed by atoms with van der Waals surface area (Å²) in [5.41, 5.74) is 9.29. The number of aryl methyl sites for hydroxylation is 3. The van der Waals surface area contributed by atoms with Crippen molar-refractivity contribution in [1.29, 1.82) is 0 Å². The molecule has 2 heteroatoms. The molecule has 0 bridgehead atoms. The van der Waals surface area contributed by atoms with Crippen molar-refractivity contribution in [3.05, 3.63) is 108 Å². The third-order valence-electron chi connectivity index (χ3n) is 5.00. The summed E-state index contributed by atoms with van der Waals surface area (Å²) in [6.45, 7) is 6.37. The molecule has 0 atom stereocenters. The third kappa shape index (κ3) is 3.67. The van der Waals surface area contributed by atoms with Crippen LogP contribution in [0.25, 0.3) is 11.3 Å². The van der Waals surface area contributed by atoms with E-state index in [-0.39, 0.29) is 0 Å². The molecule has 3 aromatic carbocycles. The van der Waals surface area contributed by atoms with E-state index in [9.17, 15) is 0 Å². The Hall–Kier alpha value is -3.39. The van der Waals surface area contributed by atoms with Crippen molar-refractivity contribution < 1.29 is 0 Å². The van der Waals surface area contributed by atoms with Crippen LogP contribution in [-0.2, 0) is 0 Å². The third-order valence-corrected chi connectivity index (χ3v) is 5.00. The van der Waals surface area contributed by atoms with E-state index in [4.69, 9.17) is 0 Å². The van der Waals surface area contributed by atoms with Gasteiger partial charge in [0.25, 0.3) is 0 Å². The minimum atomic E-state index is 0.995. The molecule has 1 heterocycles. The smallest absolute Gasteiger partial charge is 0.0705 e. The first kappa shape index (κ1) is 18.0. The van der Waals surface area contributed by atoms with Gasteiger partial charge in [-0.2, -0.15) is 0 Å². The van der Waals surface area contributed by atoms with E-state index < -0.39 is 0 Å². The fraction of sp³-hybridized carbons (Fsp3) is 0.115. The van der Waals surface area contributed by atoms with Gasteiger partial charge < -0.3 is 4.90 Å². The average molecular weight is 364 g/mol. The van der Waals surface area contributed by atoms with Gasteiger partial charge in [0, 0.05) is 28.8 Å². The predicted molar refractivity (Wildman–Crippen MR) is 119 cm³/mol. The van der Waals surface area contributed by atoms with Crippen molar-refractivity contribution >= 4 is 17.1 Å². The van der Waals surface area contributed by atoms with Gasteiger partial charge in [0.1, 0.15) is 0 Å². The molecule has 0 unspecified atom stereocenters. The van der Waals surface area contributed by atoms with Gasteiger partial charge in [0.05, 0.1) is 5.69 Å². The molecule has 0 aliphatic heterocycles. The van der Waals surface area contributed by atoms with Crippen LogP contribution in [0.3, 0.4) is 0 Å². The number of benzene rings is 3. The van der Waals surface area contributed by atoms with Gasteiger partial charge in [-0.1, -0.05) is 47.5 Å². The molecule has 0 amide bonds. The van der Waals surface area contributed by atoms with Gasteiger partial charge in [-0.05, 0) is 74.9 Å². The van der Waals surface area contributed by atoms with Crippen molar-refractivity contribution in [2.75, 3.05) is 4.90 Å². The standard InChI is InChI=1S/C26H24N2/c1-19-7-12-22(13-8-19)28(23-14-9-20(2)10-15-23)24-16-11-21(3)25(18-24)26-6-4-5-17-27-26/h4-18H,1-3H3. The lowest BCUT2D eigenvalue weighted by Gasteiger charge is -2.26. The summed E-state index contributed by atoms with van der Waals surface area (Å²) < 4.78 is 0. The molecule has 28 heavy (non-hydrogen) atoms. The van der Waals surface area contributed by atoms with E-state index in [0.717, 1.165) is 28.3 Å².